The van der Waals surface area contributed by atoms with E-state index in [-0.39, 0.29) is 11.6 Å². The first-order valence-corrected chi connectivity index (χ1v) is 23.3. The molecule has 0 saturated heterocycles. The Morgan fingerprint density at radius 1 is 0.229 bits per heavy atom. The summed E-state index contributed by atoms with van der Waals surface area (Å²) in [4.78, 5) is 46.8. The highest BCUT2D eigenvalue weighted by molar-refractivity contribution is 6.17. The normalized spacial score (nSPS) is 11.8. The van der Waals surface area contributed by atoms with Crippen molar-refractivity contribution < 1.29 is 4.79 Å². The van der Waals surface area contributed by atoms with Gasteiger partial charge in [0.05, 0.1) is 0 Å². The Balaban J connectivity index is 1.06. The number of nitrogens with zero attached hydrogens (tertiary/aromatic N) is 6. The summed E-state index contributed by atoms with van der Waals surface area (Å²) in [6.07, 6.45) is 0. The van der Waals surface area contributed by atoms with E-state index >= 15 is 4.79 Å². The molecule has 0 saturated carbocycles. The highest BCUT2D eigenvalue weighted by Gasteiger charge is 2.26. The van der Waals surface area contributed by atoms with Crippen LogP contribution in [0.4, 0.5) is 0 Å². The largest absolute Gasteiger partial charge is 0.281 e. The molecule has 0 aliphatic heterocycles. The van der Waals surface area contributed by atoms with Crippen LogP contribution in [0, 0.1) is 0 Å². The van der Waals surface area contributed by atoms with E-state index in [1.807, 2.05) is 72.8 Å². The second-order valence-electron chi connectivity index (χ2n) is 17.7. The highest BCUT2D eigenvalue weighted by Crippen LogP contribution is 2.40. The minimum Gasteiger partial charge on any atom is -0.281 e. The molecule has 7 nitrogen and oxygen atoms in total. The molecule has 0 atom stereocenters. The molecule has 0 fully saturated rings. The van der Waals surface area contributed by atoms with Gasteiger partial charge in [-0.2, -0.15) is 0 Å². The maximum atomic E-state index is 15.8. The zero-order chi connectivity index (χ0) is 46.3. The van der Waals surface area contributed by atoms with Gasteiger partial charge in [0.25, 0.3) is 5.78 Å². The number of benzene rings is 12. The number of fused-ring (bicyclic) bond motifs is 12. The molecule has 0 N–H and O–H groups in total. The first kappa shape index (κ1) is 39.6. The van der Waals surface area contributed by atoms with E-state index in [9.17, 15) is 0 Å². The van der Waals surface area contributed by atoms with Crippen molar-refractivity contribution >= 4 is 92.0 Å². The summed E-state index contributed by atoms with van der Waals surface area (Å²) < 4.78 is 0. The lowest BCUT2D eigenvalue weighted by Crippen LogP contribution is -2.16. The van der Waals surface area contributed by atoms with Crippen LogP contribution in [0.5, 0.6) is 0 Å². The van der Waals surface area contributed by atoms with Gasteiger partial charge in [0.2, 0.25) is 11.6 Å². The molecule has 70 heavy (non-hydrogen) atoms. The van der Waals surface area contributed by atoms with Crippen LogP contribution in [-0.4, -0.2) is 35.7 Å². The van der Waals surface area contributed by atoms with Crippen molar-refractivity contribution in [3.8, 4) is 45.6 Å². The molecule has 0 unspecified atom stereocenters. The van der Waals surface area contributed by atoms with Gasteiger partial charge in [-0.1, -0.05) is 194 Å². The predicted molar refractivity (Wildman–Crippen MR) is 285 cm³/mol. The SMILES string of the molecule is O=C(c1nc(-c2cc3ccccc3c3ccccc23)nc(-c2cc3ccccc3c3ccccc23)n1)c1nc(-c2cc3ccccc3c3ccccc23)nc(-c2cc3ccccc3c3ccccc23)n1. The molecule has 14 aromatic rings. The van der Waals surface area contributed by atoms with Crippen molar-refractivity contribution in [1.29, 1.82) is 0 Å². The lowest BCUT2D eigenvalue weighted by molar-refractivity contribution is 0.101. The average molecular weight is 893 g/mol. The minimum atomic E-state index is -0.555. The minimum absolute atomic E-state index is 0.0793. The van der Waals surface area contributed by atoms with Gasteiger partial charge >= 0.3 is 0 Å². The molecule has 0 bridgehead atoms. The number of carbonyl (C=O) groups is 1. The van der Waals surface area contributed by atoms with Crippen molar-refractivity contribution in [3.63, 3.8) is 0 Å². The van der Waals surface area contributed by atoms with Gasteiger partial charge < -0.3 is 0 Å². The molecule has 2 aromatic heterocycles. The zero-order valence-corrected chi connectivity index (χ0v) is 37.4. The maximum Gasteiger partial charge on any atom is 0.267 e. The lowest BCUT2D eigenvalue weighted by Gasteiger charge is -2.15. The Hall–Kier alpha value is -9.59. The molecule has 0 radical (unpaired) electrons. The highest BCUT2D eigenvalue weighted by atomic mass is 16.1. The summed E-state index contributed by atoms with van der Waals surface area (Å²) in [6, 6.07) is 74.7. The van der Waals surface area contributed by atoms with Crippen LogP contribution in [0.1, 0.15) is 16.4 Å². The van der Waals surface area contributed by atoms with E-state index in [2.05, 4.69) is 146 Å². The molecule has 7 heteroatoms. The van der Waals surface area contributed by atoms with Crippen molar-refractivity contribution in [2.45, 2.75) is 0 Å². The quantitative estimate of drug-likeness (QED) is 0.121. The monoisotopic (exact) mass is 892 g/mol. The summed E-state index contributed by atoms with van der Waals surface area (Å²) in [5.74, 6) is 0.742. The topological polar surface area (TPSA) is 94.4 Å². The van der Waals surface area contributed by atoms with Crippen LogP contribution in [0.2, 0.25) is 0 Å². The Labute approximate surface area is 400 Å². The van der Waals surface area contributed by atoms with Crippen molar-refractivity contribution in [3.05, 3.63) is 230 Å². The van der Waals surface area contributed by atoms with Crippen LogP contribution < -0.4 is 0 Å². The van der Waals surface area contributed by atoms with E-state index in [1.165, 1.54) is 0 Å². The number of carbonyl (C=O) groups excluding carboxylic acids is 1. The molecular weight excluding hydrogens is 857 g/mol. The van der Waals surface area contributed by atoms with Crippen LogP contribution in [0.15, 0.2) is 218 Å². The number of ketones is 1. The third kappa shape index (κ3) is 6.33. The smallest absolute Gasteiger partial charge is 0.267 e. The molecule has 14 rings (SSSR count). The van der Waals surface area contributed by atoms with Crippen LogP contribution in [-0.2, 0) is 0 Å². The summed E-state index contributed by atoms with van der Waals surface area (Å²) in [7, 11) is 0. The average Bonchev–Trinajstić information content (AvgIpc) is 3.43. The number of rotatable bonds is 6. The van der Waals surface area contributed by atoms with Gasteiger partial charge in [-0.25, -0.2) is 29.9 Å². The van der Waals surface area contributed by atoms with E-state index in [0.29, 0.717) is 23.3 Å². The van der Waals surface area contributed by atoms with Crippen molar-refractivity contribution in [2.75, 3.05) is 0 Å². The number of hydrogen-bond donors (Lipinski definition) is 0. The van der Waals surface area contributed by atoms with E-state index in [0.717, 1.165) is 108 Å². The Morgan fingerprint density at radius 3 is 0.671 bits per heavy atom. The predicted octanol–water partition coefficient (Wildman–Crippen LogP) is 15.2. The first-order valence-electron chi connectivity index (χ1n) is 23.3. The second kappa shape index (κ2) is 15.8. The van der Waals surface area contributed by atoms with E-state index in [4.69, 9.17) is 29.9 Å². The lowest BCUT2D eigenvalue weighted by atomic mass is 9.96. The van der Waals surface area contributed by atoms with Crippen molar-refractivity contribution in [1.82, 2.24) is 29.9 Å². The third-order valence-electron chi connectivity index (χ3n) is 13.7. The molecule has 0 aliphatic carbocycles. The van der Waals surface area contributed by atoms with Crippen LogP contribution in [0.25, 0.3) is 132 Å². The first-order chi connectivity index (χ1) is 34.6. The van der Waals surface area contributed by atoms with Crippen molar-refractivity contribution in [2.24, 2.45) is 0 Å². The molecular formula is C63H36N6O. The van der Waals surface area contributed by atoms with Gasteiger partial charge in [-0.3, -0.25) is 4.79 Å². The molecule has 0 spiro atoms. The van der Waals surface area contributed by atoms with Gasteiger partial charge in [0, 0.05) is 22.3 Å². The van der Waals surface area contributed by atoms with Crippen LogP contribution >= 0.6 is 0 Å². The Bertz CT molecular complexity index is 3970. The van der Waals surface area contributed by atoms with Gasteiger partial charge in [-0.05, 0) is 110 Å². The fourth-order valence-electron chi connectivity index (χ4n) is 10.5. The molecule has 324 valence electrons. The second-order valence-corrected chi connectivity index (χ2v) is 17.7. The fraction of sp³-hybridized carbons (Fsp3) is 0. The summed E-state index contributed by atoms with van der Waals surface area (Å²) in [6.45, 7) is 0. The molecule has 0 aliphatic rings. The third-order valence-corrected chi connectivity index (χ3v) is 13.7. The maximum absolute atomic E-state index is 15.8. The molecule has 12 aromatic carbocycles. The molecule has 0 amide bonds. The van der Waals surface area contributed by atoms with E-state index < -0.39 is 5.78 Å². The fourth-order valence-corrected chi connectivity index (χ4v) is 10.5. The Morgan fingerprint density at radius 2 is 0.429 bits per heavy atom. The summed E-state index contributed by atoms with van der Waals surface area (Å²) in [5.41, 5.74) is 3.11. The summed E-state index contributed by atoms with van der Waals surface area (Å²) in [5, 5.41) is 16.6. The van der Waals surface area contributed by atoms with E-state index in [1.54, 1.807) is 0 Å². The van der Waals surface area contributed by atoms with Gasteiger partial charge in [0.15, 0.2) is 23.3 Å². The number of aromatic nitrogens is 6. The number of hydrogen-bond acceptors (Lipinski definition) is 7. The standard InChI is InChI=1S/C63H36N6O/c70-57(62-66-58(53-33-37-17-1-5-21-41(37)45-25-9-13-29-49(45)53)64-59(67-62)54-34-38-18-2-6-22-42(38)46-26-10-14-30-50(46)54)63-68-60(55-35-39-19-3-7-23-43(39)47-27-11-15-31-51(47)55)65-61(69-63)56-36-40-20-4-8-24-44(40)48-28-12-16-32-52(48)56/h1-36H. The van der Waals surface area contributed by atoms with Gasteiger partial charge in [0.1, 0.15) is 0 Å². The van der Waals surface area contributed by atoms with Gasteiger partial charge in [-0.15, -0.1) is 0 Å². The van der Waals surface area contributed by atoms with Crippen LogP contribution in [0.3, 0.4) is 0 Å². The zero-order valence-electron chi connectivity index (χ0n) is 37.4. The summed E-state index contributed by atoms with van der Waals surface area (Å²) >= 11 is 0. The molecule has 2 heterocycles. The Kier molecular flexibility index (Phi) is 8.91.